The molecule has 0 radical (unpaired) electrons. The molecule has 490 valence electrons. The lowest BCUT2D eigenvalue weighted by Gasteiger charge is -2.32. The summed E-state index contributed by atoms with van der Waals surface area (Å²) in [6.07, 6.45) is -5.48. The van der Waals surface area contributed by atoms with Crippen molar-refractivity contribution in [1.29, 1.82) is 0 Å². The van der Waals surface area contributed by atoms with Crippen LogP contribution < -0.4 is 51.2 Å². The fourth-order valence-electron chi connectivity index (χ4n) is 11.6. The van der Waals surface area contributed by atoms with E-state index < -0.39 is 200 Å². The second kappa shape index (κ2) is 27.5. The van der Waals surface area contributed by atoms with E-state index in [0.717, 1.165) is 22.8 Å². The van der Waals surface area contributed by atoms with Crippen LogP contribution in [0.5, 0.6) is 0 Å². The fourth-order valence-corrected chi connectivity index (χ4v) is 11.6. The van der Waals surface area contributed by atoms with E-state index in [2.05, 4.69) is 0 Å². The fraction of sp³-hybridized carbons (Fsp3) is 0.764. The molecule has 34 heteroatoms. The molecule has 10 rings (SSSR count). The lowest BCUT2D eigenvalue weighted by Crippen LogP contribution is -2.57. The van der Waals surface area contributed by atoms with Gasteiger partial charge in [-0.2, -0.15) is 0 Å². The molecule has 3 aliphatic carbocycles. The minimum Gasteiger partial charge on any atom is -0.463 e. The molecule has 4 saturated heterocycles. The Hall–Kier alpha value is -7.21. The van der Waals surface area contributed by atoms with Crippen molar-refractivity contribution in [3.05, 3.63) is 94.4 Å². The van der Waals surface area contributed by atoms with Crippen molar-refractivity contribution >= 4 is 23.9 Å². The predicted molar refractivity (Wildman–Crippen MR) is 297 cm³/mol. The Labute approximate surface area is 502 Å². The molecule has 3 aromatic heterocycles. The van der Waals surface area contributed by atoms with Crippen LogP contribution in [-0.2, 0) is 116 Å². The molecule has 0 amide bonds. The van der Waals surface area contributed by atoms with Gasteiger partial charge in [0.2, 0.25) is 0 Å². The monoisotopic (exact) mass is 1260 g/mol. The molecular formula is C55H75N9O25. The van der Waals surface area contributed by atoms with E-state index in [0.29, 0.717) is 70.4 Å². The van der Waals surface area contributed by atoms with Crippen molar-refractivity contribution in [2.45, 2.75) is 173 Å². The number of hydrogen-bond acceptors (Lipinski definition) is 25. The SMILES string of the molecule is CC1CCC(C(=O)OCC(O)Cn2c(=O)n(CC3CO3)c(=O)n(CC3CO3)c2=O)C(C(=O)OCC(O)Cn2c(=O)n(CC(O)COC(=O)C3CCC(C)CC3C(=O)OCC(O)Cn3c(=O)n(CC4CO4)c(=O)n(CC4CO4)c3=O)c(=O)n(CC3CC3)c2=O)C1. The van der Waals surface area contributed by atoms with Gasteiger partial charge in [-0.3, -0.25) is 19.2 Å². The predicted octanol–water partition coefficient (Wildman–Crippen LogP) is -6.73. The second-order valence-electron chi connectivity index (χ2n) is 24.7. The highest BCUT2D eigenvalue weighted by molar-refractivity contribution is 5.83. The molecule has 0 aromatic carbocycles. The van der Waals surface area contributed by atoms with Crippen molar-refractivity contribution in [3.8, 4) is 0 Å². The Morgan fingerprint density at radius 1 is 0.360 bits per heavy atom. The van der Waals surface area contributed by atoms with E-state index in [1.807, 2.05) is 13.8 Å². The lowest BCUT2D eigenvalue weighted by molar-refractivity contribution is -0.167. The Kier molecular flexibility index (Phi) is 20.0. The number of rotatable bonds is 30. The third-order valence-corrected chi connectivity index (χ3v) is 17.1. The summed E-state index contributed by atoms with van der Waals surface area (Å²) in [5, 5.41) is 44.3. The summed E-state index contributed by atoms with van der Waals surface area (Å²) < 4.78 is 48.9. The highest BCUT2D eigenvalue weighted by atomic mass is 16.6. The van der Waals surface area contributed by atoms with Crippen molar-refractivity contribution in [3.63, 3.8) is 0 Å². The molecule has 0 bridgehead atoms. The second-order valence-corrected chi connectivity index (χ2v) is 24.7. The van der Waals surface area contributed by atoms with Crippen molar-refractivity contribution in [1.82, 2.24) is 41.1 Å². The number of aliphatic hydroxyl groups is 4. The molecule has 89 heavy (non-hydrogen) atoms. The van der Waals surface area contributed by atoms with E-state index in [4.69, 9.17) is 37.9 Å². The maximum Gasteiger partial charge on any atom is 0.336 e. The number of carbonyl (C=O) groups is 4. The zero-order valence-corrected chi connectivity index (χ0v) is 49.2. The molecular weight excluding hydrogens is 1190 g/mol. The van der Waals surface area contributed by atoms with E-state index in [1.54, 1.807) is 0 Å². The van der Waals surface area contributed by atoms with E-state index in [-0.39, 0.29) is 76.2 Å². The van der Waals surface area contributed by atoms with E-state index in [1.165, 1.54) is 0 Å². The third-order valence-electron chi connectivity index (χ3n) is 17.1. The topological polar surface area (TPSA) is 434 Å². The number of esters is 4. The molecule has 7 fully saturated rings. The number of hydrogen-bond donors (Lipinski definition) is 4. The van der Waals surface area contributed by atoms with Gasteiger partial charge in [-0.25, -0.2) is 84.3 Å². The zero-order chi connectivity index (χ0) is 63.7. The van der Waals surface area contributed by atoms with Crippen LogP contribution in [0.2, 0.25) is 0 Å². The molecule has 7 heterocycles. The first-order chi connectivity index (χ1) is 42.4. The van der Waals surface area contributed by atoms with E-state index in [9.17, 15) is 82.8 Å². The van der Waals surface area contributed by atoms with Crippen LogP contribution in [0, 0.1) is 41.4 Å². The molecule has 14 unspecified atom stereocenters. The van der Waals surface area contributed by atoms with Crippen LogP contribution >= 0.6 is 0 Å². The molecule has 14 atom stereocenters. The number of aromatic nitrogens is 9. The van der Waals surface area contributed by atoms with Gasteiger partial charge in [0.05, 0.1) is 127 Å². The van der Waals surface area contributed by atoms with Gasteiger partial charge < -0.3 is 58.3 Å². The summed E-state index contributed by atoms with van der Waals surface area (Å²) in [6, 6.07) is 0. The van der Waals surface area contributed by atoms with Gasteiger partial charge in [0, 0.05) is 6.54 Å². The highest BCUT2D eigenvalue weighted by Crippen LogP contribution is 2.37. The number of epoxide rings is 4. The number of ether oxygens (including phenoxy) is 8. The van der Waals surface area contributed by atoms with Gasteiger partial charge in [0.25, 0.3) is 0 Å². The Bertz CT molecular complexity index is 3620. The highest BCUT2D eigenvalue weighted by Gasteiger charge is 2.43. The molecule has 34 nitrogen and oxygen atoms in total. The molecule has 3 aromatic rings. The van der Waals surface area contributed by atoms with Crippen LogP contribution in [0.15, 0.2) is 43.2 Å². The Morgan fingerprint density at radius 2 is 0.584 bits per heavy atom. The van der Waals surface area contributed by atoms with Crippen LogP contribution in [0.25, 0.3) is 0 Å². The quantitative estimate of drug-likeness (QED) is 0.0274. The van der Waals surface area contributed by atoms with Crippen LogP contribution in [0.3, 0.4) is 0 Å². The molecule has 0 spiro atoms. The molecule has 3 saturated carbocycles. The average Bonchev–Trinajstić information content (AvgIpc) is 1.73. The first-order valence-electron chi connectivity index (χ1n) is 30.1. The first kappa shape index (κ1) is 64.8. The standard InChI is InChI=1S/C55H75N9O25/c1-28-4-8-40(44(70)87-21-32(66)14-59-50(76)61(16-35-24-82-35)54(80)62(51(59)77)17-36-25-83-36)41(9-28)45(71)88-22-33(67)13-58-48(74)56(11-30-5-6-30)47(73)57(49(58)75)12-31(65)20-86-43(69)39-7-3-29(2)10-42(39)46(72)89-23-34(68)15-60-52(78)63(18-37-26-84-37)55(81)64(53(60)79)19-38-27-85-38/h28-42,65-68H,3-27H2,1-2H3. The summed E-state index contributed by atoms with van der Waals surface area (Å²) in [5.74, 6) is -8.35. The van der Waals surface area contributed by atoms with Gasteiger partial charge in [0.15, 0.2) is 0 Å². The molecule has 4 N–H and O–H groups in total. The zero-order valence-electron chi connectivity index (χ0n) is 49.2. The number of nitrogens with zero attached hydrogens (tertiary/aromatic N) is 9. The normalized spacial score (nSPS) is 26.5. The minimum absolute atomic E-state index is 0.0704. The largest absolute Gasteiger partial charge is 0.463 e. The summed E-state index contributed by atoms with van der Waals surface area (Å²) in [6.45, 7) is -1.67. The molecule has 7 aliphatic rings. The summed E-state index contributed by atoms with van der Waals surface area (Å²) in [7, 11) is 0. The van der Waals surface area contributed by atoms with Gasteiger partial charge in [-0.15, -0.1) is 0 Å². The maximum atomic E-state index is 14.0. The summed E-state index contributed by atoms with van der Waals surface area (Å²) in [5.41, 5.74) is -9.18. The van der Waals surface area contributed by atoms with Crippen molar-refractivity contribution in [2.24, 2.45) is 41.4 Å². The van der Waals surface area contributed by atoms with Crippen LogP contribution in [0.1, 0.15) is 65.2 Å². The summed E-state index contributed by atoms with van der Waals surface area (Å²) >= 11 is 0. The Balaban J connectivity index is 0.734. The van der Waals surface area contributed by atoms with Crippen LogP contribution in [-0.4, -0.2) is 187 Å². The van der Waals surface area contributed by atoms with Crippen molar-refractivity contribution < 1.29 is 77.5 Å². The molecule has 4 aliphatic heterocycles. The Morgan fingerprint density at radius 3 is 0.831 bits per heavy atom. The van der Waals surface area contributed by atoms with Crippen LogP contribution in [0.4, 0.5) is 0 Å². The number of aliphatic hydroxyl groups excluding tert-OH is 4. The lowest BCUT2D eigenvalue weighted by atomic mass is 9.74. The van der Waals surface area contributed by atoms with E-state index >= 15 is 0 Å². The van der Waals surface area contributed by atoms with Gasteiger partial charge in [-0.05, 0) is 69.1 Å². The minimum atomic E-state index is -1.75. The smallest absolute Gasteiger partial charge is 0.336 e. The van der Waals surface area contributed by atoms with Gasteiger partial charge >= 0.3 is 75.1 Å². The average molecular weight is 1260 g/mol. The van der Waals surface area contributed by atoms with Gasteiger partial charge in [-0.1, -0.05) is 13.8 Å². The van der Waals surface area contributed by atoms with Gasteiger partial charge in [0.1, 0.15) is 50.8 Å². The van der Waals surface area contributed by atoms with Crippen molar-refractivity contribution in [2.75, 3.05) is 52.9 Å². The first-order valence-corrected chi connectivity index (χ1v) is 30.1. The number of carbonyl (C=O) groups excluding carboxylic acids is 4. The summed E-state index contributed by atoms with van der Waals surface area (Å²) in [4.78, 5) is 176. The maximum absolute atomic E-state index is 14.0. The third kappa shape index (κ3) is 15.9.